The Balaban J connectivity index is 2.06. The van der Waals surface area contributed by atoms with Gasteiger partial charge in [0.25, 0.3) is 0 Å². The predicted molar refractivity (Wildman–Crippen MR) is 76.5 cm³/mol. The van der Waals surface area contributed by atoms with Gasteiger partial charge >= 0.3 is 5.97 Å². The molecule has 0 radical (unpaired) electrons. The number of hydrogen-bond acceptors (Lipinski definition) is 2. The van der Waals surface area contributed by atoms with Gasteiger partial charge in [-0.25, -0.2) is 4.79 Å². The van der Waals surface area contributed by atoms with Crippen molar-refractivity contribution in [2.24, 2.45) is 0 Å². The molecule has 2 aromatic carbocycles. The zero-order chi connectivity index (χ0) is 14.4. The topological polar surface area (TPSA) is 46.5 Å². The van der Waals surface area contributed by atoms with Crippen LogP contribution in [-0.2, 0) is 11.4 Å². The normalized spacial score (nSPS) is 9.45. The highest BCUT2D eigenvalue weighted by atomic mass is 16.5. The van der Waals surface area contributed by atoms with E-state index in [9.17, 15) is 4.79 Å². The minimum Gasteiger partial charge on any atom is -0.489 e. The summed E-state index contributed by atoms with van der Waals surface area (Å²) in [6.07, 6.45) is 0. The first-order valence-electron chi connectivity index (χ1n) is 6.17. The summed E-state index contributed by atoms with van der Waals surface area (Å²) in [4.78, 5) is 10.4. The van der Waals surface area contributed by atoms with E-state index in [1.54, 1.807) is 12.1 Å². The molecule has 0 unspecified atom stereocenters. The fourth-order valence-corrected chi connectivity index (χ4v) is 1.73. The highest BCUT2D eigenvalue weighted by molar-refractivity contribution is 5.87. The molecule has 0 amide bonds. The number of aryl methyl sites for hydroxylation is 1. The van der Waals surface area contributed by atoms with E-state index in [-0.39, 0.29) is 0 Å². The molecule has 1 N–H and O–H groups in total. The van der Waals surface area contributed by atoms with E-state index < -0.39 is 5.97 Å². The van der Waals surface area contributed by atoms with Crippen LogP contribution in [0, 0.1) is 18.8 Å². The summed E-state index contributed by atoms with van der Waals surface area (Å²) in [6.45, 7) is 2.38. The maximum atomic E-state index is 10.4. The molecule has 0 spiro atoms. The Kier molecular flexibility index (Phi) is 4.41. The minimum absolute atomic E-state index is 0.500. The second kappa shape index (κ2) is 6.44. The van der Waals surface area contributed by atoms with Crippen LogP contribution >= 0.6 is 0 Å². The van der Waals surface area contributed by atoms with E-state index in [2.05, 4.69) is 11.8 Å². The van der Waals surface area contributed by atoms with E-state index in [0.717, 1.165) is 16.9 Å². The Morgan fingerprint density at radius 1 is 1.20 bits per heavy atom. The summed E-state index contributed by atoms with van der Waals surface area (Å²) in [5, 5.41) is 8.53. The van der Waals surface area contributed by atoms with Gasteiger partial charge in [-0.15, -0.1) is 0 Å². The SMILES string of the molecule is Cc1cc(OCc2ccccc2)ccc1C#CC(=O)O. The summed E-state index contributed by atoms with van der Waals surface area (Å²) >= 11 is 0. The molecule has 3 heteroatoms. The van der Waals surface area contributed by atoms with Gasteiger partial charge in [0.15, 0.2) is 0 Å². The van der Waals surface area contributed by atoms with Gasteiger partial charge in [-0.3, -0.25) is 0 Å². The lowest BCUT2D eigenvalue weighted by Crippen LogP contribution is -1.96. The molecule has 0 saturated heterocycles. The zero-order valence-electron chi connectivity index (χ0n) is 11.1. The van der Waals surface area contributed by atoms with Gasteiger partial charge in [0, 0.05) is 11.5 Å². The van der Waals surface area contributed by atoms with Gasteiger partial charge in [-0.1, -0.05) is 36.3 Å². The smallest absolute Gasteiger partial charge is 0.382 e. The molecule has 0 aromatic heterocycles. The van der Waals surface area contributed by atoms with Crippen molar-refractivity contribution in [1.29, 1.82) is 0 Å². The fourth-order valence-electron chi connectivity index (χ4n) is 1.73. The molecule has 3 nitrogen and oxygen atoms in total. The minimum atomic E-state index is -1.13. The van der Waals surface area contributed by atoms with Crippen LogP contribution in [0.1, 0.15) is 16.7 Å². The van der Waals surface area contributed by atoms with Gasteiger partial charge in [0.05, 0.1) is 0 Å². The summed E-state index contributed by atoms with van der Waals surface area (Å²) in [6, 6.07) is 15.3. The molecule has 0 saturated carbocycles. The molecule has 2 rings (SSSR count). The number of aliphatic carboxylic acids is 1. The standard InChI is InChI=1S/C17H14O3/c1-13-11-16(9-7-15(13)8-10-17(18)19)20-12-14-5-3-2-4-6-14/h2-7,9,11H,12H2,1H3,(H,18,19). The van der Waals surface area contributed by atoms with E-state index >= 15 is 0 Å². The number of ether oxygens (including phenoxy) is 1. The molecular formula is C17H14O3. The van der Waals surface area contributed by atoms with Gasteiger partial charge < -0.3 is 9.84 Å². The van der Waals surface area contributed by atoms with Crippen molar-refractivity contribution in [2.75, 3.05) is 0 Å². The molecule has 0 fully saturated rings. The van der Waals surface area contributed by atoms with E-state index in [4.69, 9.17) is 9.84 Å². The van der Waals surface area contributed by atoms with Crippen LogP contribution in [0.2, 0.25) is 0 Å². The highest BCUT2D eigenvalue weighted by Crippen LogP contribution is 2.18. The molecule has 0 bridgehead atoms. The largest absolute Gasteiger partial charge is 0.489 e. The molecule has 20 heavy (non-hydrogen) atoms. The van der Waals surface area contributed by atoms with Gasteiger partial charge in [-0.05, 0) is 36.2 Å². The number of carboxylic acid groups (broad SMARTS) is 1. The van der Waals surface area contributed by atoms with Gasteiger partial charge in [-0.2, -0.15) is 0 Å². The Bertz CT molecular complexity index is 664. The van der Waals surface area contributed by atoms with Crippen LogP contribution in [-0.4, -0.2) is 11.1 Å². The number of hydrogen-bond donors (Lipinski definition) is 1. The molecule has 0 aliphatic carbocycles. The third-order valence-corrected chi connectivity index (χ3v) is 2.75. The Labute approximate surface area is 117 Å². The first kappa shape index (κ1) is 13.7. The van der Waals surface area contributed by atoms with Crippen molar-refractivity contribution in [3.63, 3.8) is 0 Å². The van der Waals surface area contributed by atoms with Crippen molar-refractivity contribution < 1.29 is 14.6 Å². The summed E-state index contributed by atoms with van der Waals surface area (Å²) in [5.74, 6) is 4.33. The number of carboxylic acids is 1. The fraction of sp³-hybridized carbons (Fsp3) is 0.118. The molecule has 100 valence electrons. The Morgan fingerprint density at radius 2 is 1.95 bits per heavy atom. The van der Waals surface area contributed by atoms with Crippen LogP contribution in [0.5, 0.6) is 5.75 Å². The maximum absolute atomic E-state index is 10.4. The average Bonchev–Trinajstić information content (AvgIpc) is 2.45. The molecule has 2 aromatic rings. The summed E-state index contributed by atoms with van der Waals surface area (Å²) in [7, 11) is 0. The van der Waals surface area contributed by atoms with Crippen LogP contribution in [0.15, 0.2) is 48.5 Å². The summed E-state index contributed by atoms with van der Waals surface area (Å²) in [5.41, 5.74) is 2.68. The van der Waals surface area contributed by atoms with E-state index in [1.165, 1.54) is 0 Å². The lowest BCUT2D eigenvalue weighted by Gasteiger charge is -2.08. The maximum Gasteiger partial charge on any atom is 0.382 e. The Morgan fingerprint density at radius 3 is 2.60 bits per heavy atom. The molecule has 0 aliphatic rings. The third-order valence-electron chi connectivity index (χ3n) is 2.75. The van der Waals surface area contributed by atoms with Crippen LogP contribution < -0.4 is 4.74 Å². The van der Waals surface area contributed by atoms with E-state index in [1.807, 2.05) is 43.3 Å². The first-order chi connectivity index (χ1) is 9.65. The monoisotopic (exact) mass is 266 g/mol. The number of carbonyl (C=O) groups is 1. The molecule has 0 atom stereocenters. The third kappa shape index (κ3) is 3.89. The van der Waals surface area contributed by atoms with Gasteiger partial charge in [0.2, 0.25) is 0 Å². The van der Waals surface area contributed by atoms with Crippen LogP contribution in [0.3, 0.4) is 0 Å². The van der Waals surface area contributed by atoms with Crippen molar-refractivity contribution in [1.82, 2.24) is 0 Å². The summed E-state index contributed by atoms with van der Waals surface area (Å²) < 4.78 is 5.69. The van der Waals surface area contributed by atoms with Crippen LogP contribution in [0.25, 0.3) is 0 Å². The van der Waals surface area contributed by atoms with E-state index in [0.29, 0.717) is 12.2 Å². The van der Waals surface area contributed by atoms with Crippen molar-refractivity contribution in [2.45, 2.75) is 13.5 Å². The predicted octanol–water partition coefficient (Wildman–Crippen LogP) is 3.01. The lowest BCUT2D eigenvalue weighted by molar-refractivity contribution is -0.130. The zero-order valence-corrected chi connectivity index (χ0v) is 11.1. The molecule has 0 aliphatic heterocycles. The second-order valence-corrected chi connectivity index (χ2v) is 4.31. The van der Waals surface area contributed by atoms with Crippen molar-refractivity contribution in [3.8, 4) is 17.6 Å². The van der Waals surface area contributed by atoms with Crippen LogP contribution in [0.4, 0.5) is 0 Å². The quantitative estimate of drug-likeness (QED) is 0.869. The molecule has 0 heterocycles. The average molecular weight is 266 g/mol. The first-order valence-corrected chi connectivity index (χ1v) is 6.17. The lowest BCUT2D eigenvalue weighted by atomic mass is 10.1. The van der Waals surface area contributed by atoms with Crippen molar-refractivity contribution >= 4 is 5.97 Å². The second-order valence-electron chi connectivity index (χ2n) is 4.31. The van der Waals surface area contributed by atoms with Gasteiger partial charge in [0.1, 0.15) is 12.4 Å². The Hall–Kier alpha value is -2.73. The number of rotatable bonds is 3. The number of benzene rings is 2. The highest BCUT2D eigenvalue weighted by Gasteiger charge is 2.00. The molecular weight excluding hydrogens is 252 g/mol. The van der Waals surface area contributed by atoms with Crippen molar-refractivity contribution in [3.05, 3.63) is 65.2 Å².